The summed E-state index contributed by atoms with van der Waals surface area (Å²) in [6.45, 7) is 2.90. The fourth-order valence-corrected chi connectivity index (χ4v) is 2.93. The molecule has 0 unspecified atom stereocenters. The molecule has 2 heteroatoms. The second-order valence-electron chi connectivity index (χ2n) is 6.25. The number of carbonyl (C=O) groups is 1. The number of rotatable bonds is 12. The minimum Gasteiger partial charge on any atom is -0.465 e. The second kappa shape index (κ2) is 12.2. The minimum absolute atomic E-state index is 0.0974. The van der Waals surface area contributed by atoms with E-state index in [4.69, 9.17) is 4.74 Å². The van der Waals surface area contributed by atoms with Gasteiger partial charge < -0.3 is 4.74 Å². The van der Waals surface area contributed by atoms with Gasteiger partial charge in [0.15, 0.2) is 0 Å². The van der Waals surface area contributed by atoms with Crippen LogP contribution in [0.5, 0.6) is 0 Å². The lowest BCUT2D eigenvalue weighted by Crippen LogP contribution is -2.12. The zero-order chi connectivity index (χ0) is 14.5. The summed E-state index contributed by atoms with van der Waals surface area (Å²) in [6.07, 6.45) is 18.2. The van der Waals surface area contributed by atoms with Crippen molar-refractivity contribution in [2.24, 2.45) is 5.92 Å². The molecular formula is C18H33O2. The molecule has 0 aromatic carbocycles. The lowest BCUT2D eigenvalue weighted by molar-refractivity contribution is -0.141. The van der Waals surface area contributed by atoms with Crippen LogP contribution in [-0.4, -0.2) is 12.6 Å². The Labute approximate surface area is 125 Å². The predicted octanol–water partition coefficient (Wildman–Crippen LogP) is 5.45. The smallest absolute Gasteiger partial charge is 0.309 e. The Kier molecular flexibility index (Phi) is 10.7. The van der Waals surface area contributed by atoms with E-state index < -0.39 is 0 Å². The summed E-state index contributed by atoms with van der Waals surface area (Å²) in [6, 6.07) is 0. The molecule has 0 atom stereocenters. The molecule has 20 heavy (non-hydrogen) atoms. The van der Waals surface area contributed by atoms with Crippen molar-refractivity contribution in [2.75, 3.05) is 6.61 Å². The van der Waals surface area contributed by atoms with Gasteiger partial charge in [-0.15, -0.1) is 0 Å². The van der Waals surface area contributed by atoms with E-state index in [0.717, 1.165) is 12.8 Å². The average Bonchev–Trinajstić information content (AvgIpc) is 2.96. The molecule has 2 nitrogen and oxygen atoms in total. The van der Waals surface area contributed by atoms with E-state index in [2.05, 4.69) is 6.92 Å². The molecule has 117 valence electrons. The number of carbonyl (C=O) groups excluding carboxylic acids is 1. The van der Waals surface area contributed by atoms with E-state index in [1.807, 2.05) is 0 Å². The highest BCUT2D eigenvalue weighted by Crippen LogP contribution is 2.24. The van der Waals surface area contributed by atoms with Crippen molar-refractivity contribution < 1.29 is 9.53 Å². The Hall–Kier alpha value is -0.530. The van der Waals surface area contributed by atoms with Crippen LogP contribution in [0, 0.1) is 12.3 Å². The van der Waals surface area contributed by atoms with Crippen LogP contribution < -0.4 is 0 Å². The summed E-state index contributed by atoms with van der Waals surface area (Å²) in [5, 5.41) is 0. The van der Waals surface area contributed by atoms with Crippen molar-refractivity contribution in [2.45, 2.75) is 90.4 Å². The number of unbranched alkanes of at least 4 members (excludes halogenated alkanes) is 8. The summed E-state index contributed by atoms with van der Waals surface area (Å²) in [5.41, 5.74) is 0. The SMILES string of the molecule is CCCCCCCCCC[CH]C(=O)OCC1CCCC1. The van der Waals surface area contributed by atoms with Gasteiger partial charge in [0.25, 0.3) is 0 Å². The quantitative estimate of drug-likeness (QED) is 0.351. The van der Waals surface area contributed by atoms with E-state index in [9.17, 15) is 4.79 Å². The predicted molar refractivity (Wildman–Crippen MR) is 84.4 cm³/mol. The molecule has 1 fully saturated rings. The summed E-state index contributed by atoms with van der Waals surface area (Å²) >= 11 is 0. The maximum absolute atomic E-state index is 11.5. The number of ether oxygens (including phenoxy) is 1. The molecule has 1 radical (unpaired) electrons. The maximum atomic E-state index is 11.5. The van der Waals surface area contributed by atoms with Gasteiger partial charge in [-0.05, 0) is 25.2 Å². The van der Waals surface area contributed by atoms with Gasteiger partial charge in [0, 0.05) is 0 Å². The number of esters is 1. The zero-order valence-corrected chi connectivity index (χ0v) is 13.4. The molecule has 1 saturated carbocycles. The molecule has 0 amide bonds. The monoisotopic (exact) mass is 281 g/mol. The lowest BCUT2D eigenvalue weighted by Gasteiger charge is -2.09. The summed E-state index contributed by atoms with van der Waals surface area (Å²) < 4.78 is 5.30. The first-order chi connectivity index (χ1) is 9.83. The van der Waals surface area contributed by atoms with E-state index in [-0.39, 0.29) is 5.97 Å². The molecule has 0 aliphatic heterocycles. The largest absolute Gasteiger partial charge is 0.465 e. The van der Waals surface area contributed by atoms with Gasteiger partial charge in [0.05, 0.1) is 13.0 Å². The molecule has 0 spiro atoms. The highest BCUT2D eigenvalue weighted by atomic mass is 16.5. The molecule has 1 aliphatic carbocycles. The first-order valence-electron chi connectivity index (χ1n) is 8.83. The van der Waals surface area contributed by atoms with Crippen molar-refractivity contribution in [1.29, 1.82) is 0 Å². The van der Waals surface area contributed by atoms with Crippen molar-refractivity contribution in [3.8, 4) is 0 Å². The Morgan fingerprint density at radius 2 is 1.60 bits per heavy atom. The van der Waals surface area contributed by atoms with Gasteiger partial charge in [-0.2, -0.15) is 0 Å². The van der Waals surface area contributed by atoms with E-state index in [0.29, 0.717) is 12.5 Å². The van der Waals surface area contributed by atoms with Gasteiger partial charge in [0.2, 0.25) is 0 Å². The first-order valence-corrected chi connectivity index (χ1v) is 8.83. The van der Waals surface area contributed by atoms with Crippen LogP contribution in [0.1, 0.15) is 90.4 Å². The van der Waals surface area contributed by atoms with Crippen molar-refractivity contribution in [3.05, 3.63) is 6.42 Å². The molecular weight excluding hydrogens is 248 g/mol. The lowest BCUT2D eigenvalue weighted by atomic mass is 10.1. The van der Waals surface area contributed by atoms with Crippen LogP contribution >= 0.6 is 0 Å². The van der Waals surface area contributed by atoms with E-state index >= 15 is 0 Å². The van der Waals surface area contributed by atoms with Gasteiger partial charge in [-0.1, -0.05) is 71.1 Å². The topological polar surface area (TPSA) is 26.3 Å². The van der Waals surface area contributed by atoms with Crippen LogP contribution in [-0.2, 0) is 9.53 Å². The van der Waals surface area contributed by atoms with Crippen molar-refractivity contribution in [3.63, 3.8) is 0 Å². The normalized spacial score (nSPS) is 15.7. The Morgan fingerprint density at radius 1 is 1.00 bits per heavy atom. The van der Waals surface area contributed by atoms with Crippen LogP contribution in [0.25, 0.3) is 0 Å². The molecule has 1 rings (SSSR count). The van der Waals surface area contributed by atoms with Crippen LogP contribution in [0.4, 0.5) is 0 Å². The van der Waals surface area contributed by atoms with Gasteiger partial charge in [-0.3, -0.25) is 4.79 Å². The third-order valence-electron chi connectivity index (χ3n) is 4.30. The van der Waals surface area contributed by atoms with Crippen LogP contribution in [0.15, 0.2) is 0 Å². The van der Waals surface area contributed by atoms with Crippen molar-refractivity contribution in [1.82, 2.24) is 0 Å². The van der Waals surface area contributed by atoms with Crippen LogP contribution in [0.3, 0.4) is 0 Å². The standard InChI is InChI=1S/C18H33O2/c1-2-3-4-5-6-7-8-9-10-15-18(19)20-16-17-13-11-12-14-17/h15,17H,2-14,16H2,1H3. The first kappa shape index (κ1) is 17.5. The summed E-state index contributed by atoms with van der Waals surface area (Å²) in [4.78, 5) is 11.5. The Bertz CT molecular complexity index is 232. The molecule has 0 N–H and O–H groups in total. The Morgan fingerprint density at radius 3 is 2.25 bits per heavy atom. The Balaban J connectivity index is 1.79. The highest BCUT2D eigenvalue weighted by molar-refractivity contribution is 5.78. The van der Waals surface area contributed by atoms with E-state index in [1.54, 1.807) is 6.42 Å². The number of hydrogen-bond donors (Lipinski definition) is 0. The third kappa shape index (κ3) is 9.39. The van der Waals surface area contributed by atoms with E-state index in [1.165, 1.54) is 70.6 Å². The molecule has 1 aliphatic rings. The maximum Gasteiger partial charge on any atom is 0.309 e. The second-order valence-corrected chi connectivity index (χ2v) is 6.25. The molecule has 0 aromatic heterocycles. The molecule has 0 bridgehead atoms. The van der Waals surface area contributed by atoms with Crippen LogP contribution in [0.2, 0.25) is 0 Å². The highest BCUT2D eigenvalue weighted by Gasteiger charge is 2.16. The van der Waals surface area contributed by atoms with Gasteiger partial charge >= 0.3 is 5.97 Å². The number of hydrogen-bond acceptors (Lipinski definition) is 2. The summed E-state index contributed by atoms with van der Waals surface area (Å²) in [7, 11) is 0. The van der Waals surface area contributed by atoms with Gasteiger partial charge in [0.1, 0.15) is 0 Å². The average molecular weight is 281 g/mol. The zero-order valence-electron chi connectivity index (χ0n) is 13.4. The fraction of sp³-hybridized carbons (Fsp3) is 0.889. The van der Waals surface area contributed by atoms with Crippen molar-refractivity contribution >= 4 is 5.97 Å². The summed E-state index contributed by atoms with van der Waals surface area (Å²) in [5.74, 6) is 0.537. The molecule has 0 heterocycles. The molecule has 0 saturated heterocycles. The third-order valence-corrected chi connectivity index (χ3v) is 4.30. The molecule has 0 aromatic rings. The van der Waals surface area contributed by atoms with Gasteiger partial charge in [-0.25, -0.2) is 0 Å². The minimum atomic E-state index is -0.0974. The fourth-order valence-electron chi connectivity index (χ4n) is 2.93.